The minimum absolute atomic E-state index is 0.170. The van der Waals surface area contributed by atoms with E-state index in [0.717, 1.165) is 63.0 Å². The fraction of sp³-hybridized carbons (Fsp3) is 0.500. The molecule has 0 saturated carbocycles. The molecule has 2 aromatic rings. The van der Waals surface area contributed by atoms with Crippen molar-refractivity contribution in [2.24, 2.45) is 13.0 Å². The standard InChI is InChI=1S/C22H29N5O/c1-26-20(14-21(25-26)18-8-5-11-23-15-18)16-27-12-9-19(10-13-27)24-22(28)17-6-3-2-4-7-17/h2-3,5,8,11,14-15,17,19H,4,6-7,9-10,12-13,16H2,1H3,(H,24,28)/t17-/m0/s1. The molecule has 0 aromatic carbocycles. The van der Waals surface area contributed by atoms with E-state index in [9.17, 15) is 4.79 Å². The summed E-state index contributed by atoms with van der Waals surface area (Å²) in [6.45, 7) is 2.89. The number of hydrogen-bond acceptors (Lipinski definition) is 4. The van der Waals surface area contributed by atoms with Crippen molar-refractivity contribution in [3.8, 4) is 11.3 Å². The van der Waals surface area contributed by atoms with E-state index in [2.05, 4.69) is 38.5 Å². The fourth-order valence-electron chi connectivity index (χ4n) is 4.12. The van der Waals surface area contributed by atoms with E-state index in [1.165, 1.54) is 5.69 Å². The molecule has 0 spiro atoms. The lowest BCUT2D eigenvalue weighted by Crippen LogP contribution is -2.46. The number of amides is 1. The van der Waals surface area contributed by atoms with E-state index in [4.69, 9.17) is 0 Å². The SMILES string of the molecule is Cn1nc(-c2cccnc2)cc1CN1CCC(NC(=O)[C@H]2CC=CCC2)CC1. The van der Waals surface area contributed by atoms with E-state index in [-0.39, 0.29) is 11.8 Å². The molecule has 1 atom stereocenters. The summed E-state index contributed by atoms with van der Waals surface area (Å²) in [6, 6.07) is 6.44. The van der Waals surface area contributed by atoms with Crippen molar-refractivity contribution in [3.05, 3.63) is 48.4 Å². The molecule has 1 N–H and O–H groups in total. The van der Waals surface area contributed by atoms with Gasteiger partial charge in [0.25, 0.3) is 0 Å². The molecule has 148 valence electrons. The maximum Gasteiger partial charge on any atom is 0.223 e. The molecule has 6 heteroatoms. The third-order valence-corrected chi connectivity index (χ3v) is 5.89. The minimum atomic E-state index is 0.170. The van der Waals surface area contributed by atoms with Gasteiger partial charge in [-0.1, -0.05) is 12.2 Å². The number of nitrogens with zero attached hydrogens (tertiary/aromatic N) is 4. The molecule has 0 unspecified atom stereocenters. The highest BCUT2D eigenvalue weighted by Crippen LogP contribution is 2.21. The number of hydrogen-bond donors (Lipinski definition) is 1. The maximum atomic E-state index is 12.4. The van der Waals surface area contributed by atoms with Crippen LogP contribution in [0.5, 0.6) is 0 Å². The molecule has 1 saturated heterocycles. The van der Waals surface area contributed by atoms with Gasteiger partial charge in [0.1, 0.15) is 0 Å². The first-order chi connectivity index (χ1) is 13.7. The van der Waals surface area contributed by atoms with Gasteiger partial charge < -0.3 is 5.32 Å². The first kappa shape index (κ1) is 18.9. The Bertz CT molecular complexity index is 821. The second kappa shape index (κ2) is 8.69. The van der Waals surface area contributed by atoms with Crippen LogP contribution in [0, 0.1) is 5.92 Å². The van der Waals surface area contributed by atoms with Gasteiger partial charge in [0, 0.05) is 56.6 Å². The average Bonchev–Trinajstić information content (AvgIpc) is 3.11. The molecule has 1 amide bonds. The van der Waals surface area contributed by atoms with Crippen molar-refractivity contribution in [2.45, 2.75) is 44.7 Å². The zero-order chi connectivity index (χ0) is 19.3. The molecule has 1 fully saturated rings. The van der Waals surface area contributed by atoms with Crippen LogP contribution >= 0.6 is 0 Å². The van der Waals surface area contributed by atoms with E-state index in [1.807, 2.05) is 30.1 Å². The third-order valence-electron chi connectivity index (χ3n) is 5.89. The summed E-state index contributed by atoms with van der Waals surface area (Å²) in [7, 11) is 2.00. The Balaban J connectivity index is 1.28. The number of aryl methyl sites for hydroxylation is 1. The number of piperidine rings is 1. The van der Waals surface area contributed by atoms with E-state index in [0.29, 0.717) is 6.04 Å². The van der Waals surface area contributed by atoms with Crippen LogP contribution in [0.1, 0.15) is 37.8 Å². The summed E-state index contributed by atoms with van der Waals surface area (Å²) >= 11 is 0. The van der Waals surface area contributed by atoms with Crippen molar-refractivity contribution in [1.29, 1.82) is 0 Å². The monoisotopic (exact) mass is 379 g/mol. The third kappa shape index (κ3) is 4.50. The summed E-state index contributed by atoms with van der Waals surface area (Å²) in [6.07, 6.45) is 12.9. The van der Waals surface area contributed by atoms with Gasteiger partial charge in [0.15, 0.2) is 0 Å². The van der Waals surface area contributed by atoms with Crippen molar-refractivity contribution < 1.29 is 4.79 Å². The van der Waals surface area contributed by atoms with E-state index < -0.39 is 0 Å². The second-order valence-corrected chi connectivity index (χ2v) is 7.93. The van der Waals surface area contributed by atoms with Crippen molar-refractivity contribution in [1.82, 2.24) is 25.0 Å². The summed E-state index contributed by atoms with van der Waals surface area (Å²) in [5, 5.41) is 7.93. The molecule has 3 heterocycles. The topological polar surface area (TPSA) is 63.1 Å². The van der Waals surface area contributed by atoms with Crippen molar-refractivity contribution in [2.75, 3.05) is 13.1 Å². The van der Waals surface area contributed by atoms with Crippen molar-refractivity contribution >= 4 is 5.91 Å². The number of carbonyl (C=O) groups excluding carboxylic acids is 1. The molecule has 1 aliphatic carbocycles. The van der Waals surface area contributed by atoms with Gasteiger partial charge in [0.05, 0.1) is 11.4 Å². The fourth-order valence-corrected chi connectivity index (χ4v) is 4.12. The molecule has 4 rings (SSSR count). The number of nitrogens with one attached hydrogen (secondary N) is 1. The van der Waals surface area contributed by atoms with E-state index in [1.54, 1.807) is 6.20 Å². The molecule has 0 radical (unpaired) electrons. The average molecular weight is 380 g/mol. The molecule has 28 heavy (non-hydrogen) atoms. The second-order valence-electron chi connectivity index (χ2n) is 7.93. The highest BCUT2D eigenvalue weighted by molar-refractivity contribution is 5.79. The Morgan fingerprint density at radius 1 is 1.25 bits per heavy atom. The molecule has 0 bridgehead atoms. The first-order valence-corrected chi connectivity index (χ1v) is 10.3. The van der Waals surface area contributed by atoms with Gasteiger partial charge in [-0.25, -0.2) is 0 Å². The van der Waals surface area contributed by atoms with Gasteiger partial charge in [-0.3, -0.25) is 19.4 Å². The summed E-state index contributed by atoms with van der Waals surface area (Å²) in [5.41, 5.74) is 3.22. The molecule has 1 aliphatic heterocycles. The molecular formula is C22H29N5O. The van der Waals surface area contributed by atoms with Gasteiger partial charge in [0.2, 0.25) is 5.91 Å². The number of carbonyl (C=O) groups is 1. The zero-order valence-corrected chi connectivity index (χ0v) is 16.6. The lowest BCUT2D eigenvalue weighted by Gasteiger charge is -2.33. The Morgan fingerprint density at radius 3 is 2.82 bits per heavy atom. The van der Waals surface area contributed by atoms with Crippen LogP contribution in [0.25, 0.3) is 11.3 Å². The van der Waals surface area contributed by atoms with Crippen LogP contribution in [-0.2, 0) is 18.4 Å². The molecular weight excluding hydrogens is 350 g/mol. The minimum Gasteiger partial charge on any atom is -0.353 e. The lowest BCUT2D eigenvalue weighted by molar-refractivity contribution is -0.126. The van der Waals surface area contributed by atoms with Crippen molar-refractivity contribution in [3.63, 3.8) is 0 Å². The zero-order valence-electron chi connectivity index (χ0n) is 16.6. The van der Waals surface area contributed by atoms with E-state index >= 15 is 0 Å². The largest absolute Gasteiger partial charge is 0.353 e. The molecule has 2 aliphatic rings. The summed E-state index contributed by atoms with van der Waals surface area (Å²) in [5.74, 6) is 0.416. The predicted molar refractivity (Wildman–Crippen MR) is 109 cm³/mol. The van der Waals surface area contributed by atoms with Crippen LogP contribution in [0.15, 0.2) is 42.7 Å². The highest BCUT2D eigenvalue weighted by Gasteiger charge is 2.25. The summed E-state index contributed by atoms with van der Waals surface area (Å²) in [4.78, 5) is 19.1. The Morgan fingerprint density at radius 2 is 2.11 bits per heavy atom. The van der Waals surface area contributed by atoms with Crippen LogP contribution in [0.2, 0.25) is 0 Å². The normalized spacial score (nSPS) is 21.0. The molecule has 6 nitrogen and oxygen atoms in total. The van der Waals surface area contributed by atoms with Gasteiger partial charge in [-0.15, -0.1) is 0 Å². The molecule has 2 aromatic heterocycles. The number of pyridine rings is 1. The van der Waals surface area contributed by atoms with Crippen LogP contribution < -0.4 is 5.32 Å². The lowest BCUT2D eigenvalue weighted by atomic mass is 9.93. The van der Waals surface area contributed by atoms with Gasteiger partial charge >= 0.3 is 0 Å². The Kier molecular flexibility index (Phi) is 5.86. The Labute approximate surface area is 166 Å². The number of allylic oxidation sites excluding steroid dienone is 2. The quantitative estimate of drug-likeness (QED) is 0.812. The number of aromatic nitrogens is 3. The smallest absolute Gasteiger partial charge is 0.223 e. The Hall–Kier alpha value is -2.47. The maximum absolute atomic E-state index is 12.4. The van der Waals surface area contributed by atoms with Crippen LogP contribution in [-0.4, -0.2) is 44.7 Å². The van der Waals surface area contributed by atoms with Gasteiger partial charge in [-0.2, -0.15) is 5.10 Å². The highest BCUT2D eigenvalue weighted by atomic mass is 16.1. The van der Waals surface area contributed by atoms with Crippen LogP contribution in [0.3, 0.4) is 0 Å². The van der Waals surface area contributed by atoms with Gasteiger partial charge in [-0.05, 0) is 50.3 Å². The first-order valence-electron chi connectivity index (χ1n) is 10.3. The number of rotatable bonds is 5. The van der Waals surface area contributed by atoms with Crippen LogP contribution in [0.4, 0.5) is 0 Å². The predicted octanol–water partition coefficient (Wildman–Crippen LogP) is 2.92. The summed E-state index contributed by atoms with van der Waals surface area (Å²) < 4.78 is 1.97. The number of likely N-dealkylation sites (tertiary alicyclic amines) is 1.